The van der Waals surface area contributed by atoms with Crippen molar-refractivity contribution in [2.75, 3.05) is 7.11 Å². The van der Waals surface area contributed by atoms with Gasteiger partial charge in [-0.15, -0.1) is 11.8 Å². The maximum absolute atomic E-state index is 12.8. The summed E-state index contributed by atoms with van der Waals surface area (Å²) in [6.45, 7) is 2.03. The van der Waals surface area contributed by atoms with Crippen LogP contribution in [0.3, 0.4) is 0 Å². The molecule has 18 heavy (non-hydrogen) atoms. The van der Waals surface area contributed by atoms with Gasteiger partial charge in [-0.1, -0.05) is 12.1 Å². The number of methoxy groups -OCH3 is 1. The van der Waals surface area contributed by atoms with Gasteiger partial charge in [0.2, 0.25) is 0 Å². The lowest BCUT2D eigenvalue weighted by Crippen LogP contribution is -1.87. The summed E-state index contributed by atoms with van der Waals surface area (Å²) in [5.41, 5.74) is 2.25. The van der Waals surface area contributed by atoms with Gasteiger partial charge in [-0.2, -0.15) is 0 Å². The quantitative estimate of drug-likeness (QED) is 0.754. The van der Waals surface area contributed by atoms with E-state index in [9.17, 15) is 4.39 Å². The van der Waals surface area contributed by atoms with Crippen molar-refractivity contribution in [3.63, 3.8) is 0 Å². The first kappa shape index (κ1) is 13.0. The number of aryl methyl sites for hydroxylation is 1. The Morgan fingerprint density at radius 2 is 1.83 bits per heavy atom. The molecule has 1 nitrogen and oxygen atoms in total. The summed E-state index contributed by atoms with van der Waals surface area (Å²) in [4.78, 5) is 1.19. The van der Waals surface area contributed by atoms with E-state index in [4.69, 9.17) is 4.74 Å². The van der Waals surface area contributed by atoms with E-state index in [0.717, 1.165) is 22.6 Å². The summed E-state index contributed by atoms with van der Waals surface area (Å²) >= 11 is 1.73. The van der Waals surface area contributed by atoms with Gasteiger partial charge < -0.3 is 4.74 Å². The minimum Gasteiger partial charge on any atom is -0.496 e. The van der Waals surface area contributed by atoms with Crippen LogP contribution in [-0.2, 0) is 5.75 Å². The van der Waals surface area contributed by atoms with Crippen LogP contribution in [0.25, 0.3) is 0 Å². The molecule has 0 bridgehead atoms. The summed E-state index contributed by atoms with van der Waals surface area (Å²) in [6, 6.07) is 12.7. The molecule has 0 unspecified atom stereocenters. The highest BCUT2D eigenvalue weighted by atomic mass is 32.2. The predicted molar refractivity (Wildman–Crippen MR) is 73.7 cm³/mol. The van der Waals surface area contributed by atoms with E-state index >= 15 is 0 Å². The van der Waals surface area contributed by atoms with Crippen molar-refractivity contribution in [3.05, 3.63) is 59.4 Å². The molecule has 0 amide bonds. The van der Waals surface area contributed by atoms with Crippen LogP contribution in [-0.4, -0.2) is 7.11 Å². The molecule has 0 aliphatic heterocycles. The molecule has 0 aromatic heterocycles. The maximum Gasteiger partial charge on any atom is 0.123 e. The zero-order valence-electron chi connectivity index (χ0n) is 10.4. The van der Waals surface area contributed by atoms with Crippen LogP contribution in [0.2, 0.25) is 0 Å². The van der Waals surface area contributed by atoms with Gasteiger partial charge in [-0.3, -0.25) is 0 Å². The number of benzene rings is 2. The molecule has 0 aliphatic carbocycles. The van der Waals surface area contributed by atoms with Crippen LogP contribution in [0.15, 0.2) is 47.4 Å². The predicted octanol–water partition coefficient (Wildman–Crippen LogP) is 4.44. The van der Waals surface area contributed by atoms with Crippen molar-refractivity contribution in [2.24, 2.45) is 0 Å². The lowest BCUT2D eigenvalue weighted by atomic mass is 10.2. The summed E-state index contributed by atoms with van der Waals surface area (Å²) < 4.78 is 18.0. The highest BCUT2D eigenvalue weighted by molar-refractivity contribution is 7.98. The Labute approximate surface area is 111 Å². The molecule has 3 heteroatoms. The Morgan fingerprint density at radius 1 is 1.11 bits per heavy atom. The van der Waals surface area contributed by atoms with E-state index in [0.29, 0.717) is 0 Å². The molecular weight excluding hydrogens is 247 g/mol. The number of hydrogen-bond acceptors (Lipinski definition) is 2. The normalized spacial score (nSPS) is 10.4. The van der Waals surface area contributed by atoms with Crippen LogP contribution in [0.4, 0.5) is 4.39 Å². The molecule has 0 atom stereocenters. The Hall–Kier alpha value is -1.48. The Morgan fingerprint density at radius 3 is 2.44 bits per heavy atom. The van der Waals surface area contributed by atoms with Gasteiger partial charge in [-0.25, -0.2) is 4.39 Å². The highest BCUT2D eigenvalue weighted by Gasteiger charge is 2.01. The molecule has 0 spiro atoms. The van der Waals surface area contributed by atoms with Gasteiger partial charge in [0.25, 0.3) is 0 Å². The highest BCUT2D eigenvalue weighted by Crippen LogP contribution is 2.27. The van der Waals surface area contributed by atoms with Crippen molar-refractivity contribution in [3.8, 4) is 5.75 Å². The monoisotopic (exact) mass is 262 g/mol. The molecule has 0 saturated heterocycles. The minimum absolute atomic E-state index is 0.191. The van der Waals surface area contributed by atoms with Gasteiger partial charge in [0.05, 0.1) is 7.11 Å². The lowest BCUT2D eigenvalue weighted by Gasteiger charge is -2.07. The standard InChI is InChI=1S/C15H15FOS/c1-11-9-14(7-8-15(11)17-2)18-10-12-3-5-13(16)6-4-12/h3-9H,10H2,1-2H3. The Balaban J connectivity index is 2.02. The van der Waals surface area contributed by atoms with E-state index in [2.05, 4.69) is 6.07 Å². The van der Waals surface area contributed by atoms with E-state index < -0.39 is 0 Å². The number of halogens is 1. The first-order chi connectivity index (χ1) is 8.69. The number of ether oxygens (including phenoxy) is 1. The van der Waals surface area contributed by atoms with Gasteiger partial charge in [-0.05, 0) is 48.4 Å². The fraction of sp³-hybridized carbons (Fsp3) is 0.200. The smallest absolute Gasteiger partial charge is 0.123 e. The molecule has 0 heterocycles. The fourth-order valence-electron chi connectivity index (χ4n) is 1.69. The largest absolute Gasteiger partial charge is 0.496 e. The minimum atomic E-state index is -0.191. The molecule has 0 N–H and O–H groups in total. The average Bonchev–Trinajstić information content (AvgIpc) is 2.38. The van der Waals surface area contributed by atoms with Crippen LogP contribution >= 0.6 is 11.8 Å². The van der Waals surface area contributed by atoms with E-state index in [1.807, 2.05) is 31.2 Å². The fourth-order valence-corrected chi connectivity index (χ4v) is 2.64. The molecule has 0 fully saturated rings. The molecule has 0 aliphatic rings. The summed E-state index contributed by atoms with van der Waals surface area (Å²) in [6.07, 6.45) is 0. The first-order valence-corrected chi connectivity index (χ1v) is 6.69. The Bertz CT molecular complexity index is 523. The van der Waals surface area contributed by atoms with Gasteiger partial charge in [0, 0.05) is 10.6 Å². The molecule has 2 aromatic rings. The molecule has 0 saturated carbocycles. The third kappa shape index (κ3) is 3.26. The lowest BCUT2D eigenvalue weighted by molar-refractivity contribution is 0.411. The SMILES string of the molecule is COc1ccc(SCc2ccc(F)cc2)cc1C. The summed E-state index contributed by atoms with van der Waals surface area (Å²) in [5, 5.41) is 0. The van der Waals surface area contributed by atoms with Crippen LogP contribution in [0.1, 0.15) is 11.1 Å². The van der Waals surface area contributed by atoms with Crippen LogP contribution < -0.4 is 4.74 Å². The molecule has 2 rings (SSSR count). The topological polar surface area (TPSA) is 9.23 Å². The number of rotatable bonds is 4. The second kappa shape index (κ2) is 5.91. The maximum atomic E-state index is 12.8. The number of hydrogen-bond donors (Lipinski definition) is 0. The van der Waals surface area contributed by atoms with Crippen molar-refractivity contribution in [1.82, 2.24) is 0 Å². The van der Waals surface area contributed by atoms with Gasteiger partial charge in [0.1, 0.15) is 11.6 Å². The number of thioether (sulfide) groups is 1. The second-order valence-electron chi connectivity index (χ2n) is 4.05. The summed E-state index contributed by atoms with van der Waals surface area (Å²) in [5.74, 6) is 1.55. The molecule has 0 radical (unpaired) electrons. The van der Waals surface area contributed by atoms with Gasteiger partial charge >= 0.3 is 0 Å². The molecule has 2 aromatic carbocycles. The molecular formula is C15H15FOS. The molecule has 94 valence electrons. The van der Waals surface area contributed by atoms with Crippen molar-refractivity contribution < 1.29 is 9.13 Å². The average molecular weight is 262 g/mol. The third-order valence-corrected chi connectivity index (χ3v) is 3.75. The van der Waals surface area contributed by atoms with E-state index in [-0.39, 0.29) is 5.82 Å². The van der Waals surface area contributed by atoms with E-state index in [1.54, 1.807) is 18.9 Å². The zero-order chi connectivity index (χ0) is 13.0. The van der Waals surface area contributed by atoms with Gasteiger partial charge in [0.15, 0.2) is 0 Å². The van der Waals surface area contributed by atoms with Crippen molar-refractivity contribution in [2.45, 2.75) is 17.6 Å². The van der Waals surface area contributed by atoms with Crippen molar-refractivity contribution >= 4 is 11.8 Å². The zero-order valence-corrected chi connectivity index (χ0v) is 11.3. The van der Waals surface area contributed by atoms with Crippen LogP contribution in [0, 0.1) is 12.7 Å². The second-order valence-corrected chi connectivity index (χ2v) is 5.10. The van der Waals surface area contributed by atoms with E-state index in [1.165, 1.54) is 17.0 Å². The first-order valence-electron chi connectivity index (χ1n) is 5.71. The summed E-state index contributed by atoms with van der Waals surface area (Å²) in [7, 11) is 1.67. The van der Waals surface area contributed by atoms with Crippen LogP contribution in [0.5, 0.6) is 5.75 Å². The Kier molecular flexibility index (Phi) is 4.26. The third-order valence-electron chi connectivity index (χ3n) is 2.69. The van der Waals surface area contributed by atoms with Crippen molar-refractivity contribution in [1.29, 1.82) is 0 Å².